The molecular formula is C29H30O8. The van der Waals surface area contributed by atoms with Gasteiger partial charge in [-0.25, -0.2) is 9.59 Å². The van der Waals surface area contributed by atoms with Crippen molar-refractivity contribution in [1.29, 1.82) is 0 Å². The minimum Gasteiger partial charge on any atom is -0.458 e. The Morgan fingerprint density at radius 3 is 2.00 bits per heavy atom. The van der Waals surface area contributed by atoms with Crippen LogP contribution in [0.4, 0.5) is 0 Å². The number of benzene rings is 3. The molecule has 0 bridgehead atoms. The lowest BCUT2D eigenvalue weighted by molar-refractivity contribution is -0.179. The summed E-state index contributed by atoms with van der Waals surface area (Å²) >= 11 is 0. The molecule has 0 aliphatic carbocycles. The molecule has 1 fully saturated rings. The second kappa shape index (κ2) is 13.1. The van der Waals surface area contributed by atoms with Gasteiger partial charge in [0.15, 0.2) is 12.4 Å². The third kappa shape index (κ3) is 7.02. The second-order valence-electron chi connectivity index (χ2n) is 8.45. The van der Waals surface area contributed by atoms with Crippen LogP contribution in [0.15, 0.2) is 91.0 Å². The molecule has 5 atom stereocenters. The molecule has 37 heavy (non-hydrogen) atoms. The van der Waals surface area contributed by atoms with Gasteiger partial charge in [0.25, 0.3) is 0 Å². The van der Waals surface area contributed by atoms with Crippen molar-refractivity contribution in [3.63, 3.8) is 0 Å². The molecule has 8 nitrogen and oxygen atoms in total. The lowest BCUT2D eigenvalue weighted by atomic mass is 10.1. The second-order valence-corrected chi connectivity index (χ2v) is 8.45. The van der Waals surface area contributed by atoms with Crippen molar-refractivity contribution >= 4 is 11.9 Å². The van der Waals surface area contributed by atoms with Gasteiger partial charge in [0, 0.05) is 6.61 Å². The van der Waals surface area contributed by atoms with Crippen LogP contribution >= 0.6 is 0 Å². The number of carbonyl (C=O) groups is 2. The molecule has 8 heteroatoms. The van der Waals surface area contributed by atoms with E-state index >= 15 is 0 Å². The Labute approximate surface area is 215 Å². The summed E-state index contributed by atoms with van der Waals surface area (Å²) in [5, 5.41) is 11.0. The maximum atomic E-state index is 12.9. The Balaban J connectivity index is 1.55. The first-order valence-electron chi connectivity index (χ1n) is 12.2. The van der Waals surface area contributed by atoms with Crippen LogP contribution in [0.3, 0.4) is 0 Å². The first-order valence-corrected chi connectivity index (χ1v) is 12.2. The zero-order valence-corrected chi connectivity index (χ0v) is 20.5. The maximum absolute atomic E-state index is 12.9. The monoisotopic (exact) mass is 506 g/mol. The Kier molecular flexibility index (Phi) is 9.40. The van der Waals surface area contributed by atoms with Gasteiger partial charge in [-0.3, -0.25) is 0 Å². The van der Waals surface area contributed by atoms with E-state index < -0.39 is 42.6 Å². The summed E-state index contributed by atoms with van der Waals surface area (Å²) in [7, 11) is 0. The van der Waals surface area contributed by atoms with Gasteiger partial charge < -0.3 is 28.8 Å². The van der Waals surface area contributed by atoms with Crippen LogP contribution in [-0.2, 0) is 30.3 Å². The van der Waals surface area contributed by atoms with Gasteiger partial charge in [0.1, 0.15) is 24.9 Å². The van der Waals surface area contributed by atoms with Crippen molar-refractivity contribution in [3.8, 4) is 0 Å². The number of esters is 2. The maximum Gasteiger partial charge on any atom is 0.338 e. The number of aliphatic hydroxyl groups excluding tert-OH is 1. The molecule has 1 heterocycles. The summed E-state index contributed by atoms with van der Waals surface area (Å²) in [5.41, 5.74) is 1.57. The molecule has 0 radical (unpaired) electrons. The fraction of sp³-hybridized carbons (Fsp3) is 0.310. The molecule has 0 amide bonds. The summed E-state index contributed by atoms with van der Waals surface area (Å²) in [6.45, 7) is 1.94. The van der Waals surface area contributed by atoms with Crippen LogP contribution < -0.4 is 0 Å². The quantitative estimate of drug-likeness (QED) is 0.392. The summed E-state index contributed by atoms with van der Waals surface area (Å²) in [6.07, 6.45) is -5.12. The van der Waals surface area contributed by atoms with Crippen LogP contribution in [0.25, 0.3) is 0 Å². The minimum absolute atomic E-state index is 0.185. The zero-order chi connectivity index (χ0) is 26.0. The van der Waals surface area contributed by atoms with E-state index in [-0.39, 0.29) is 19.8 Å². The first-order chi connectivity index (χ1) is 18.1. The van der Waals surface area contributed by atoms with Gasteiger partial charge in [-0.2, -0.15) is 0 Å². The number of aliphatic hydroxyl groups is 1. The van der Waals surface area contributed by atoms with Crippen LogP contribution in [0.1, 0.15) is 33.2 Å². The first kappa shape index (κ1) is 26.5. The van der Waals surface area contributed by atoms with Crippen LogP contribution in [0.2, 0.25) is 0 Å². The van der Waals surface area contributed by atoms with E-state index in [2.05, 4.69) is 0 Å². The lowest BCUT2D eigenvalue weighted by Crippen LogP contribution is -2.45. The molecule has 3 aromatic rings. The van der Waals surface area contributed by atoms with E-state index in [1.54, 1.807) is 67.6 Å². The summed E-state index contributed by atoms with van der Waals surface area (Å²) < 4.78 is 28.9. The standard InChI is InChI=1S/C29H30O8/c1-2-33-29-24(30)26(34-18-20-12-6-3-7-13-20)25(37-29)23(36-28(32)22-16-10-5-11-17-22)19-35-27(31)21-14-8-4-9-15-21/h3-17,23-26,29-30H,2,18-19H2,1H3/t23-,24-,25-,26-,29?/m1/s1. The Morgan fingerprint density at radius 2 is 1.41 bits per heavy atom. The van der Waals surface area contributed by atoms with Crippen molar-refractivity contribution in [2.75, 3.05) is 13.2 Å². The highest BCUT2D eigenvalue weighted by molar-refractivity contribution is 5.90. The Hall–Kier alpha value is -3.56. The highest BCUT2D eigenvalue weighted by Crippen LogP contribution is 2.30. The van der Waals surface area contributed by atoms with E-state index in [0.29, 0.717) is 11.1 Å². The normalized spacial score (nSPS) is 21.8. The summed E-state index contributed by atoms with van der Waals surface area (Å²) in [4.78, 5) is 25.6. The van der Waals surface area contributed by atoms with Crippen LogP contribution in [0.5, 0.6) is 0 Å². The fourth-order valence-electron chi connectivity index (χ4n) is 4.01. The molecule has 1 aliphatic rings. The highest BCUT2D eigenvalue weighted by Gasteiger charge is 2.50. The highest BCUT2D eigenvalue weighted by atomic mass is 16.7. The molecular weight excluding hydrogens is 476 g/mol. The van der Waals surface area contributed by atoms with Crippen molar-refractivity contribution in [3.05, 3.63) is 108 Å². The topological polar surface area (TPSA) is 101 Å². The SMILES string of the molecule is CCOC1O[C@H]([C@@H](COC(=O)c2ccccc2)OC(=O)c2ccccc2)[C@H](OCc2ccccc2)[C@H]1O. The average Bonchev–Trinajstić information content (AvgIpc) is 3.25. The lowest BCUT2D eigenvalue weighted by Gasteiger charge is -2.28. The van der Waals surface area contributed by atoms with E-state index in [9.17, 15) is 14.7 Å². The fourth-order valence-corrected chi connectivity index (χ4v) is 4.01. The van der Waals surface area contributed by atoms with E-state index in [1.807, 2.05) is 30.3 Å². The van der Waals surface area contributed by atoms with Gasteiger partial charge in [0.2, 0.25) is 0 Å². The van der Waals surface area contributed by atoms with Crippen molar-refractivity contribution in [1.82, 2.24) is 0 Å². The molecule has 194 valence electrons. The molecule has 0 saturated carbocycles. The molecule has 1 saturated heterocycles. The molecule has 0 spiro atoms. The number of hydrogen-bond donors (Lipinski definition) is 1. The third-order valence-electron chi connectivity index (χ3n) is 5.87. The number of hydrogen-bond acceptors (Lipinski definition) is 8. The van der Waals surface area contributed by atoms with E-state index in [4.69, 9.17) is 23.7 Å². The van der Waals surface area contributed by atoms with E-state index in [0.717, 1.165) is 5.56 Å². The minimum atomic E-state index is -1.16. The smallest absolute Gasteiger partial charge is 0.338 e. The van der Waals surface area contributed by atoms with Gasteiger partial charge in [-0.15, -0.1) is 0 Å². The van der Waals surface area contributed by atoms with Crippen molar-refractivity contribution in [2.24, 2.45) is 0 Å². The van der Waals surface area contributed by atoms with Crippen molar-refractivity contribution in [2.45, 2.75) is 44.2 Å². The summed E-state index contributed by atoms with van der Waals surface area (Å²) in [5.74, 6) is -1.20. The van der Waals surface area contributed by atoms with Crippen LogP contribution in [0, 0.1) is 0 Å². The summed E-state index contributed by atoms with van der Waals surface area (Å²) in [6, 6.07) is 26.4. The molecule has 1 unspecified atom stereocenters. The van der Waals surface area contributed by atoms with Gasteiger partial charge in [-0.1, -0.05) is 66.7 Å². The molecule has 1 N–H and O–H groups in total. The largest absolute Gasteiger partial charge is 0.458 e. The predicted octanol–water partition coefficient (Wildman–Crippen LogP) is 3.78. The van der Waals surface area contributed by atoms with Crippen molar-refractivity contribution < 1.29 is 38.4 Å². The van der Waals surface area contributed by atoms with Gasteiger partial charge in [-0.05, 0) is 36.8 Å². The molecule has 4 rings (SSSR count). The Morgan fingerprint density at radius 1 is 0.838 bits per heavy atom. The van der Waals surface area contributed by atoms with Gasteiger partial charge >= 0.3 is 11.9 Å². The zero-order valence-electron chi connectivity index (χ0n) is 20.5. The molecule has 3 aromatic carbocycles. The van der Waals surface area contributed by atoms with Crippen LogP contribution in [-0.4, -0.2) is 61.0 Å². The number of ether oxygens (including phenoxy) is 5. The van der Waals surface area contributed by atoms with E-state index in [1.165, 1.54) is 0 Å². The third-order valence-corrected chi connectivity index (χ3v) is 5.87. The average molecular weight is 507 g/mol. The Bertz CT molecular complexity index is 1120. The van der Waals surface area contributed by atoms with Gasteiger partial charge in [0.05, 0.1) is 17.7 Å². The molecule has 1 aliphatic heterocycles. The predicted molar refractivity (Wildman–Crippen MR) is 134 cm³/mol. The number of rotatable bonds is 11. The number of carbonyl (C=O) groups excluding carboxylic acids is 2. The molecule has 0 aromatic heterocycles.